The van der Waals surface area contributed by atoms with Crippen molar-refractivity contribution >= 4 is 23.2 Å². The zero-order valence-electron chi connectivity index (χ0n) is 13.1. The van der Waals surface area contributed by atoms with E-state index in [0.29, 0.717) is 5.56 Å². The van der Waals surface area contributed by atoms with Crippen molar-refractivity contribution in [2.24, 2.45) is 0 Å². The Kier molecular flexibility index (Phi) is 4.76. The topological polar surface area (TPSA) is 49.4 Å². The molecule has 0 spiro atoms. The van der Waals surface area contributed by atoms with Crippen LogP contribution in [0.25, 0.3) is 0 Å². The number of hydrogen-bond acceptors (Lipinski definition) is 3. The van der Waals surface area contributed by atoms with Crippen LogP contribution in [0.1, 0.15) is 50.7 Å². The highest BCUT2D eigenvalue weighted by atomic mass is 32.1. The lowest BCUT2D eigenvalue weighted by molar-refractivity contribution is 0.0797. The van der Waals surface area contributed by atoms with Gasteiger partial charge in [0, 0.05) is 23.5 Å². The molecule has 1 aromatic heterocycles. The summed E-state index contributed by atoms with van der Waals surface area (Å²) in [5, 5.41) is 2.98. The summed E-state index contributed by atoms with van der Waals surface area (Å²) in [6.45, 7) is 3.65. The molecular weight excluding hydrogens is 308 g/mol. The van der Waals surface area contributed by atoms with Crippen LogP contribution in [-0.4, -0.2) is 29.8 Å². The van der Waals surface area contributed by atoms with E-state index in [1.165, 1.54) is 11.3 Å². The lowest BCUT2D eigenvalue weighted by atomic mass is 10.2. The Bertz CT molecular complexity index is 690. The molecular formula is C18H20N2O2S. The number of likely N-dealkylation sites (tertiary alicyclic amines) is 1. The van der Waals surface area contributed by atoms with E-state index in [1.807, 2.05) is 42.2 Å². The molecule has 2 aromatic rings. The average Bonchev–Trinajstić information content (AvgIpc) is 3.26. The summed E-state index contributed by atoms with van der Waals surface area (Å²) < 4.78 is 0. The second-order valence-electron chi connectivity index (χ2n) is 5.76. The largest absolute Gasteiger partial charge is 0.345 e. The number of carbonyl (C=O) groups is 2. The summed E-state index contributed by atoms with van der Waals surface area (Å²) in [6, 6.07) is 12.8. The van der Waals surface area contributed by atoms with Gasteiger partial charge in [0.15, 0.2) is 0 Å². The Morgan fingerprint density at radius 1 is 1.09 bits per heavy atom. The SMILES string of the molecule is CC(NC(=O)c1ccccc1)c1ccc(C(=O)N2CCCC2)s1. The molecule has 1 aliphatic rings. The predicted molar refractivity (Wildman–Crippen MR) is 91.8 cm³/mol. The quantitative estimate of drug-likeness (QED) is 0.934. The monoisotopic (exact) mass is 328 g/mol. The minimum atomic E-state index is -0.118. The van der Waals surface area contributed by atoms with E-state index in [0.717, 1.165) is 35.7 Å². The van der Waals surface area contributed by atoms with Crippen LogP contribution >= 0.6 is 11.3 Å². The van der Waals surface area contributed by atoms with Crippen LogP contribution in [0.15, 0.2) is 42.5 Å². The fraction of sp³-hybridized carbons (Fsp3) is 0.333. The molecule has 0 aliphatic carbocycles. The lowest BCUT2D eigenvalue weighted by Crippen LogP contribution is -2.27. The average molecular weight is 328 g/mol. The molecule has 1 fully saturated rings. The van der Waals surface area contributed by atoms with Gasteiger partial charge in [0.25, 0.3) is 11.8 Å². The first kappa shape index (κ1) is 15.7. The third kappa shape index (κ3) is 3.62. The second-order valence-corrected chi connectivity index (χ2v) is 6.88. The standard InChI is InChI=1S/C18H20N2O2S/c1-13(19-17(21)14-7-3-2-4-8-14)15-9-10-16(23-15)18(22)20-11-5-6-12-20/h2-4,7-10,13H,5-6,11-12H2,1H3,(H,19,21). The molecule has 1 atom stereocenters. The van der Waals surface area contributed by atoms with Crippen LogP contribution in [0.3, 0.4) is 0 Å². The number of nitrogens with one attached hydrogen (secondary N) is 1. The molecule has 2 heterocycles. The number of thiophene rings is 1. The van der Waals surface area contributed by atoms with Gasteiger partial charge in [0.05, 0.1) is 10.9 Å². The molecule has 0 saturated carbocycles. The van der Waals surface area contributed by atoms with Gasteiger partial charge in [-0.2, -0.15) is 0 Å². The van der Waals surface area contributed by atoms with Gasteiger partial charge in [-0.15, -0.1) is 11.3 Å². The third-order valence-corrected chi connectivity index (χ3v) is 5.30. The molecule has 5 heteroatoms. The zero-order chi connectivity index (χ0) is 16.2. The maximum atomic E-state index is 12.4. The smallest absolute Gasteiger partial charge is 0.263 e. The van der Waals surface area contributed by atoms with Gasteiger partial charge in [-0.1, -0.05) is 18.2 Å². The second kappa shape index (κ2) is 6.96. The highest BCUT2D eigenvalue weighted by Crippen LogP contribution is 2.25. The van der Waals surface area contributed by atoms with E-state index < -0.39 is 0 Å². The summed E-state index contributed by atoms with van der Waals surface area (Å²) in [4.78, 5) is 28.2. The van der Waals surface area contributed by atoms with Crippen LogP contribution < -0.4 is 5.32 Å². The Labute approximate surface area is 140 Å². The molecule has 1 unspecified atom stereocenters. The molecule has 1 aliphatic heterocycles. The Hall–Kier alpha value is -2.14. The normalized spacial score (nSPS) is 15.4. The van der Waals surface area contributed by atoms with E-state index in [4.69, 9.17) is 0 Å². The summed E-state index contributed by atoms with van der Waals surface area (Å²) >= 11 is 1.47. The van der Waals surface area contributed by atoms with E-state index in [-0.39, 0.29) is 17.9 Å². The summed E-state index contributed by atoms with van der Waals surface area (Å²) in [6.07, 6.45) is 2.18. The van der Waals surface area contributed by atoms with Crippen molar-refractivity contribution in [3.8, 4) is 0 Å². The predicted octanol–water partition coefficient (Wildman–Crippen LogP) is 3.48. The number of carbonyl (C=O) groups excluding carboxylic acids is 2. The van der Waals surface area contributed by atoms with E-state index in [1.54, 1.807) is 12.1 Å². The van der Waals surface area contributed by atoms with Crippen molar-refractivity contribution in [2.75, 3.05) is 13.1 Å². The first-order valence-corrected chi connectivity index (χ1v) is 8.72. The first-order valence-electron chi connectivity index (χ1n) is 7.90. The zero-order valence-corrected chi connectivity index (χ0v) is 13.9. The molecule has 1 saturated heterocycles. The Balaban J connectivity index is 1.65. The molecule has 1 aromatic carbocycles. The van der Waals surface area contributed by atoms with Crippen LogP contribution in [0.2, 0.25) is 0 Å². The molecule has 0 radical (unpaired) electrons. The third-order valence-electron chi connectivity index (χ3n) is 4.04. The molecule has 120 valence electrons. The number of hydrogen-bond donors (Lipinski definition) is 1. The van der Waals surface area contributed by atoms with Gasteiger partial charge >= 0.3 is 0 Å². The highest BCUT2D eigenvalue weighted by molar-refractivity contribution is 7.14. The van der Waals surface area contributed by atoms with Crippen LogP contribution in [0.4, 0.5) is 0 Å². The maximum absolute atomic E-state index is 12.4. The number of benzene rings is 1. The van der Waals surface area contributed by atoms with Gasteiger partial charge in [-0.3, -0.25) is 9.59 Å². The fourth-order valence-corrected chi connectivity index (χ4v) is 3.70. The summed E-state index contributed by atoms with van der Waals surface area (Å²) in [5.41, 5.74) is 0.643. The van der Waals surface area contributed by atoms with Crippen LogP contribution in [-0.2, 0) is 0 Å². The van der Waals surface area contributed by atoms with Gasteiger partial charge < -0.3 is 10.2 Å². The van der Waals surface area contributed by atoms with Crippen LogP contribution in [0.5, 0.6) is 0 Å². The number of rotatable bonds is 4. The van der Waals surface area contributed by atoms with Gasteiger partial charge in [0.2, 0.25) is 0 Å². The van der Waals surface area contributed by atoms with Crippen molar-refractivity contribution in [3.05, 3.63) is 57.8 Å². The number of nitrogens with zero attached hydrogens (tertiary/aromatic N) is 1. The van der Waals surface area contributed by atoms with Gasteiger partial charge in [-0.05, 0) is 44.0 Å². The lowest BCUT2D eigenvalue weighted by Gasteiger charge is -2.14. The minimum Gasteiger partial charge on any atom is -0.345 e. The summed E-state index contributed by atoms with van der Waals surface area (Å²) in [5.74, 6) is 0.0132. The van der Waals surface area contributed by atoms with Crippen molar-refractivity contribution in [3.63, 3.8) is 0 Å². The fourth-order valence-electron chi connectivity index (χ4n) is 2.72. The minimum absolute atomic E-state index is 0.0982. The maximum Gasteiger partial charge on any atom is 0.263 e. The molecule has 4 nitrogen and oxygen atoms in total. The van der Waals surface area contributed by atoms with Crippen molar-refractivity contribution in [2.45, 2.75) is 25.8 Å². The van der Waals surface area contributed by atoms with Crippen molar-refractivity contribution < 1.29 is 9.59 Å². The molecule has 0 bridgehead atoms. The van der Waals surface area contributed by atoms with Gasteiger partial charge in [-0.25, -0.2) is 0 Å². The molecule has 1 N–H and O–H groups in total. The molecule has 3 rings (SSSR count). The molecule has 23 heavy (non-hydrogen) atoms. The Morgan fingerprint density at radius 3 is 2.48 bits per heavy atom. The van der Waals surface area contributed by atoms with Crippen molar-refractivity contribution in [1.29, 1.82) is 0 Å². The highest BCUT2D eigenvalue weighted by Gasteiger charge is 2.22. The van der Waals surface area contributed by atoms with Gasteiger partial charge in [0.1, 0.15) is 0 Å². The molecule has 2 amide bonds. The number of amides is 2. The van der Waals surface area contributed by atoms with E-state index >= 15 is 0 Å². The summed E-state index contributed by atoms with van der Waals surface area (Å²) in [7, 11) is 0. The van der Waals surface area contributed by atoms with E-state index in [2.05, 4.69) is 5.32 Å². The first-order chi connectivity index (χ1) is 11.1. The Morgan fingerprint density at radius 2 is 1.78 bits per heavy atom. The van der Waals surface area contributed by atoms with E-state index in [9.17, 15) is 9.59 Å². The van der Waals surface area contributed by atoms with Crippen LogP contribution in [0, 0.1) is 0 Å². The van der Waals surface area contributed by atoms with Crippen molar-refractivity contribution in [1.82, 2.24) is 10.2 Å².